The van der Waals surface area contributed by atoms with Gasteiger partial charge >= 0.3 is 0 Å². The Kier molecular flexibility index (Phi) is 7.56. The number of benzene rings is 2. The molecule has 0 unspecified atom stereocenters. The molecule has 0 saturated heterocycles. The van der Waals surface area contributed by atoms with E-state index in [9.17, 15) is 5.11 Å². The number of hydrogen-bond acceptors (Lipinski definition) is 3. The van der Waals surface area contributed by atoms with Crippen molar-refractivity contribution in [2.24, 2.45) is 0 Å². The molecule has 0 spiro atoms. The van der Waals surface area contributed by atoms with Crippen LogP contribution >= 0.6 is 31.9 Å². The summed E-state index contributed by atoms with van der Waals surface area (Å²) in [7, 11) is 0. The Balaban J connectivity index is 2.02. The largest absolute Gasteiger partial charge is 0.487 e. The number of aliphatic hydroxyl groups is 1. The molecular weight excluding hydrogens is 422 g/mol. The second-order valence-corrected chi connectivity index (χ2v) is 7.04. The number of ether oxygens (including phenoxy) is 1. The van der Waals surface area contributed by atoms with Gasteiger partial charge in [-0.05, 0) is 61.5 Å². The van der Waals surface area contributed by atoms with E-state index in [2.05, 4.69) is 44.1 Å². The van der Waals surface area contributed by atoms with E-state index >= 15 is 0 Å². The van der Waals surface area contributed by atoms with Crippen LogP contribution in [0.1, 0.15) is 24.5 Å². The molecule has 2 aromatic carbocycles. The molecule has 3 nitrogen and oxygen atoms in total. The Labute approximate surface area is 154 Å². The van der Waals surface area contributed by atoms with Crippen LogP contribution in [0.25, 0.3) is 0 Å². The van der Waals surface area contributed by atoms with Crippen LogP contribution in [0.15, 0.2) is 51.4 Å². The molecule has 0 aliphatic heterocycles. The van der Waals surface area contributed by atoms with Crippen molar-refractivity contribution in [1.82, 2.24) is 5.32 Å². The maximum atomic E-state index is 9.23. The maximum absolute atomic E-state index is 9.23. The lowest BCUT2D eigenvalue weighted by Gasteiger charge is -2.16. The third kappa shape index (κ3) is 5.60. The van der Waals surface area contributed by atoms with E-state index in [4.69, 9.17) is 4.74 Å². The molecule has 0 radical (unpaired) electrons. The first-order chi connectivity index (χ1) is 11.1. The zero-order valence-electron chi connectivity index (χ0n) is 13.1. The Morgan fingerprint density at radius 3 is 2.30 bits per heavy atom. The van der Waals surface area contributed by atoms with Crippen LogP contribution < -0.4 is 10.1 Å². The summed E-state index contributed by atoms with van der Waals surface area (Å²) < 4.78 is 7.75. The van der Waals surface area contributed by atoms with Crippen molar-refractivity contribution in [2.45, 2.75) is 32.5 Å². The fourth-order valence-corrected chi connectivity index (χ4v) is 3.69. The Morgan fingerprint density at radius 2 is 1.74 bits per heavy atom. The summed E-state index contributed by atoms with van der Waals surface area (Å²) in [6.45, 7) is 3.44. The van der Waals surface area contributed by atoms with Crippen molar-refractivity contribution < 1.29 is 9.84 Å². The molecule has 2 aromatic rings. The first-order valence-corrected chi connectivity index (χ1v) is 9.21. The van der Waals surface area contributed by atoms with Crippen LogP contribution in [0.2, 0.25) is 0 Å². The Bertz CT molecular complexity index is 593. The highest BCUT2D eigenvalue weighted by atomic mass is 79.9. The second kappa shape index (κ2) is 9.42. The van der Waals surface area contributed by atoms with Crippen molar-refractivity contribution in [3.63, 3.8) is 0 Å². The number of aliphatic hydroxyl groups excluding tert-OH is 1. The minimum absolute atomic E-state index is 0.126. The molecular formula is C18H21Br2NO2. The molecule has 23 heavy (non-hydrogen) atoms. The highest BCUT2D eigenvalue weighted by Crippen LogP contribution is 2.35. The summed E-state index contributed by atoms with van der Waals surface area (Å²) >= 11 is 7.16. The molecule has 2 rings (SSSR count). The van der Waals surface area contributed by atoms with Gasteiger partial charge in [0.05, 0.1) is 15.6 Å². The van der Waals surface area contributed by atoms with Gasteiger partial charge in [-0.15, -0.1) is 0 Å². The van der Waals surface area contributed by atoms with Gasteiger partial charge in [0, 0.05) is 12.6 Å². The van der Waals surface area contributed by atoms with Crippen molar-refractivity contribution in [3.8, 4) is 5.75 Å². The molecule has 124 valence electrons. The molecule has 0 aromatic heterocycles. The monoisotopic (exact) mass is 441 g/mol. The predicted octanol–water partition coefficient (Wildman–Crippen LogP) is 4.65. The zero-order valence-corrected chi connectivity index (χ0v) is 16.2. The molecule has 1 atom stereocenters. The molecule has 0 bridgehead atoms. The normalized spacial score (nSPS) is 12.2. The van der Waals surface area contributed by atoms with Gasteiger partial charge in [0.25, 0.3) is 0 Å². The van der Waals surface area contributed by atoms with Crippen LogP contribution in [-0.4, -0.2) is 17.8 Å². The van der Waals surface area contributed by atoms with E-state index in [1.54, 1.807) is 0 Å². The summed E-state index contributed by atoms with van der Waals surface area (Å²) in [6, 6.07) is 14.3. The van der Waals surface area contributed by atoms with Gasteiger partial charge in [-0.25, -0.2) is 0 Å². The van der Waals surface area contributed by atoms with Gasteiger partial charge in [0.2, 0.25) is 0 Å². The van der Waals surface area contributed by atoms with Crippen molar-refractivity contribution >= 4 is 31.9 Å². The van der Waals surface area contributed by atoms with Crippen LogP contribution in [0.5, 0.6) is 5.75 Å². The first-order valence-electron chi connectivity index (χ1n) is 7.63. The summed E-state index contributed by atoms with van der Waals surface area (Å²) in [6.07, 6.45) is 0.900. The lowest BCUT2D eigenvalue weighted by molar-refractivity contribution is 0.238. The highest BCUT2D eigenvalue weighted by molar-refractivity contribution is 9.11. The summed E-state index contributed by atoms with van der Waals surface area (Å²) in [5.74, 6) is 0.798. The summed E-state index contributed by atoms with van der Waals surface area (Å²) in [5, 5.41) is 12.6. The second-order valence-electron chi connectivity index (χ2n) is 5.33. The topological polar surface area (TPSA) is 41.5 Å². The summed E-state index contributed by atoms with van der Waals surface area (Å²) in [4.78, 5) is 0. The van der Waals surface area contributed by atoms with E-state index in [1.165, 1.54) is 0 Å². The molecule has 0 aliphatic rings. The lowest BCUT2D eigenvalue weighted by atomic mass is 10.2. The fourth-order valence-electron chi connectivity index (χ4n) is 2.18. The van der Waals surface area contributed by atoms with Crippen LogP contribution in [0.3, 0.4) is 0 Å². The molecule has 0 saturated carbocycles. The number of hydrogen-bond donors (Lipinski definition) is 2. The highest BCUT2D eigenvalue weighted by Gasteiger charge is 2.11. The Morgan fingerprint density at radius 1 is 1.09 bits per heavy atom. The van der Waals surface area contributed by atoms with Gasteiger partial charge < -0.3 is 15.2 Å². The van der Waals surface area contributed by atoms with Crippen LogP contribution in [-0.2, 0) is 13.2 Å². The average molecular weight is 443 g/mol. The smallest absolute Gasteiger partial charge is 0.148 e. The van der Waals surface area contributed by atoms with Gasteiger partial charge in [-0.3, -0.25) is 0 Å². The minimum atomic E-state index is 0.126. The van der Waals surface area contributed by atoms with Crippen LogP contribution in [0, 0.1) is 0 Å². The third-order valence-electron chi connectivity index (χ3n) is 3.59. The number of rotatable bonds is 8. The molecule has 2 N–H and O–H groups in total. The van der Waals surface area contributed by atoms with E-state index in [-0.39, 0.29) is 12.6 Å². The number of halogens is 2. The van der Waals surface area contributed by atoms with E-state index < -0.39 is 0 Å². The van der Waals surface area contributed by atoms with Gasteiger partial charge in [0.1, 0.15) is 12.4 Å². The quantitative estimate of drug-likeness (QED) is 0.625. The zero-order chi connectivity index (χ0) is 16.7. The van der Waals surface area contributed by atoms with E-state index in [0.717, 1.165) is 32.2 Å². The minimum Gasteiger partial charge on any atom is -0.487 e. The molecule has 0 aliphatic carbocycles. The number of nitrogens with one attached hydrogen (secondary N) is 1. The van der Waals surface area contributed by atoms with Crippen molar-refractivity contribution in [3.05, 3.63) is 62.5 Å². The first kappa shape index (κ1) is 18.5. The molecule has 0 amide bonds. The standard InChI is InChI=1S/C18H21Br2NO2/c1-2-15(11-22)21-10-14-8-16(19)18(17(20)9-14)23-12-13-6-4-3-5-7-13/h3-9,15,21-22H,2,10-12H2,1H3/t15-/m1/s1. The third-order valence-corrected chi connectivity index (χ3v) is 4.77. The van der Waals surface area contributed by atoms with E-state index in [0.29, 0.717) is 13.2 Å². The van der Waals surface area contributed by atoms with Gasteiger partial charge in [-0.1, -0.05) is 37.3 Å². The lowest BCUT2D eigenvalue weighted by Crippen LogP contribution is -2.31. The van der Waals surface area contributed by atoms with Crippen LogP contribution in [0.4, 0.5) is 0 Å². The van der Waals surface area contributed by atoms with Crippen molar-refractivity contribution in [2.75, 3.05) is 6.61 Å². The SMILES string of the molecule is CC[C@H](CO)NCc1cc(Br)c(OCc2ccccc2)c(Br)c1. The average Bonchev–Trinajstić information content (AvgIpc) is 2.56. The maximum Gasteiger partial charge on any atom is 0.148 e. The van der Waals surface area contributed by atoms with E-state index in [1.807, 2.05) is 42.5 Å². The molecule has 0 heterocycles. The predicted molar refractivity (Wildman–Crippen MR) is 101 cm³/mol. The Hall–Kier alpha value is -0.880. The van der Waals surface area contributed by atoms with Crippen molar-refractivity contribution in [1.29, 1.82) is 0 Å². The van der Waals surface area contributed by atoms with Gasteiger partial charge in [0.15, 0.2) is 0 Å². The fraction of sp³-hybridized carbons (Fsp3) is 0.333. The molecule has 0 fully saturated rings. The summed E-state index contributed by atoms with van der Waals surface area (Å²) in [5.41, 5.74) is 2.26. The molecule has 5 heteroatoms. The van der Waals surface area contributed by atoms with Gasteiger partial charge in [-0.2, -0.15) is 0 Å².